The maximum atomic E-state index is 12.5. The van der Waals surface area contributed by atoms with Gasteiger partial charge in [-0.1, -0.05) is 35.5 Å². The van der Waals surface area contributed by atoms with Crippen LogP contribution in [0.2, 0.25) is 0 Å². The molecule has 4 aromatic rings. The molecule has 1 N–H and O–H groups in total. The van der Waals surface area contributed by atoms with Crippen LogP contribution in [-0.2, 0) is 9.53 Å². The molecule has 0 atom stereocenters. The Bertz CT molecular complexity index is 1280. The van der Waals surface area contributed by atoms with Gasteiger partial charge in [0.15, 0.2) is 10.8 Å². The third-order valence-electron chi connectivity index (χ3n) is 4.72. The number of para-hydroxylation sites is 1. The van der Waals surface area contributed by atoms with Crippen LogP contribution in [0, 0.1) is 13.8 Å². The van der Waals surface area contributed by atoms with E-state index in [0.29, 0.717) is 16.4 Å². The number of rotatable bonds is 5. The van der Waals surface area contributed by atoms with Crippen LogP contribution in [-0.4, -0.2) is 39.3 Å². The highest BCUT2D eigenvalue weighted by atomic mass is 32.2. The smallest absolute Gasteiger partial charge is 0.339 e. The number of nitrogens with one attached hydrogen (secondary N) is 1. The molecule has 7 nitrogen and oxygen atoms in total. The van der Waals surface area contributed by atoms with Crippen LogP contribution >= 0.6 is 11.8 Å². The second-order valence-corrected chi connectivity index (χ2v) is 7.85. The Kier molecular flexibility index (Phi) is 5.41. The maximum absolute atomic E-state index is 12.5. The van der Waals surface area contributed by atoms with Crippen LogP contribution in [0.5, 0.6) is 0 Å². The summed E-state index contributed by atoms with van der Waals surface area (Å²) in [6.45, 7) is 4.05. The molecule has 2 aromatic heterocycles. The third kappa shape index (κ3) is 3.73. The van der Waals surface area contributed by atoms with E-state index in [-0.39, 0.29) is 11.7 Å². The number of ether oxygens (including phenoxy) is 1. The minimum absolute atomic E-state index is 0.123. The minimum Gasteiger partial charge on any atom is -0.465 e. The van der Waals surface area contributed by atoms with Crippen LogP contribution in [0.1, 0.15) is 21.5 Å². The molecule has 0 bridgehead atoms. The summed E-state index contributed by atoms with van der Waals surface area (Å²) in [6.07, 6.45) is 0. The highest BCUT2D eigenvalue weighted by Gasteiger charge is 2.16. The molecular weight excluding hydrogens is 400 g/mol. The molecule has 0 saturated carbocycles. The van der Waals surface area contributed by atoms with Crippen molar-refractivity contribution in [2.75, 3.05) is 18.2 Å². The van der Waals surface area contributed by atoms with E-state index in [4.69, 9.17) is 4.74 Å². The Hall–Kier alpha value is -3.39. The number of fused-ring (bicyclic) bond motifs is 3. The lowest BCUT2D eigenvalue weighted by atomic mass is 10.1. The van der Waals surface area contributed by atoms with Crippen molar-refractivity contribution in [1.82, 2.24) is 14.6 Å². The number of hydrogen-bond acceptors (Lipinski definition) is 6. The molecule has 0 fully saturated rings. The predicted molar refractivity (Wildman–Crippen MR) is 117 cm³/mol. The predicted octanol–water partition coefficient (Wildman–Crippen LogP) is 4.02. The van der Waals surface area contributed by atoms with E-state index < -0.39 is 5.97 Å². The molecule has 0 radical (unpaired) electrons. The van der Waals surface area contributed by atoms with Crippen LogP contribution in [0.15, 0.2) is 53.7 Å². The number of anilines is 1. The van der Waals surface area contributed by atoms with Crippen LogP contribution in [0.3, 0.4) is 0 Å². The van der Waals surface area contributed by atoms with Gasteiger partial charge < -0.3 is 10.1 Å². The number of esters is 1. The van der Waals surface area contributed by atoms with E-state index >= 15 is 0 Å². The Morgan fingerprint density at radius 2 is 1.90 bits per heavy atom. The Morgan fingerprint density at radius 3 is 2.70 bits per heavy atom. The number of pyridine rings is 1. The normalized spacial score (nSPS) is 11.0. The highest BCUT2D eigenvalue weighted by Crippen LogP contribution is 2.26. The molecule has 0 spiro atoms. The molecule has 1 amide bonds. The van der Waals surface area contributed by atoms with Gasteiger partial charge in [-0.2, -0.15) is 0 Å². The molecule has 0 saturated heterocycles. The fraction of sp³-hybridized carbons (Fsp3) is 0.182. The van der Waals surface area contributed by atoms with Crippen molar-refractivity contribution in [2.24, 2.45) is 0 Å². The zero-order valence-corrected chi connectivity index (χ0v) is 17.6. The number of thioether (sulfide) groups is 1. The van der Waals surface area contributed by atoms with Crippen molar-refractivity contribution in [3.8, 4) is 0 Å². The van der Waals surface area contributed by atoms with Gasteiger partial charge >= 0.3 is 5.97 Å². The second kappa shape index (κ2) is 8.16. The van der Waals surface area contributed by atoms with Crippen LogP contribution in [0.25, 0.3) is 16.6 Å². The zero-order valence-electron chi connectivity index (χ0n) is 16.8. The maximum Gasteiger partial charge on any atom is 0.339 e. The van der Waals surface area contributed by atoms with Gasteiger partial charge in [-0.15, -0.1) is 10.2 Å². The summed E-state index contributed by atoms with van der Waals surface area (Å²) in [7, 11) is 1.31. The first-order valence-corrected chi connectivity index (χ1v) is 10.3. The first-order chi connectivity index (χ1) is 14.5. The summed E-state index contributed by atoms with van der Waals surface area (Å²) in [5.74, 6) is -0.627. The summed E-state index contributed by atoms with van der Waals surface area (Å²) in [5, 5.41) is 13.1. The van der Waals surface area contributed by atoms with Gasteiger partial charge in [-0.25, -0.2) is 4.79 Å². The van der Waals surface area contributed by atoms with Gasteiger partial charge in [0.1, 0.15) is 0 Å². The van der Waals surface area contributed by atoms with E-state index in [2.05, 4.69) is 34.6 Å². The average Bonchev–Trinajstić information content (AvgIpc) is 3.17. The van der Waals surface area contributed by atoms with E-state index in [1.165, 1.54) is 24.4 Å². The molecular formula is C22H20N4O3S. The van der Waals surface area contributed by atoms with Crippen molar-refractivity contribution in [2.45, 2.75) is 19.0 Å². The van der Waals surface area contributed by atoms with Crippen LogP contribution in [0.4, 0.5) is 5.69 Å². The topological polar surface area (TPSA) is 85.6 Å². The number of aryl methyl sites for hydroxylation is 2. The standard InChI is InChI=1S/C22H20N4O3S/c1-13-8-9-18-15(10-13)11-14(2)20-24-25-22(26(18)20)30-12-19(27)23-17-7-5-4-6-16(17)21(28)29-3/h4-11H,12H2,1-3H3,(H,23,27). The monoisotopic (exact) mass is 420 g/mol. The molecule has 4 rings (SSSR count). The Labute approximate surface area is 177 Å². The molecule has 30 heavy (non-hydrogen) atoms. The Morgan fingerprint density at radius 1 is 1.10 bits per heavy atom. The fourth-order valence-electron chi connectivity index (χ4n) is 3.32. The van der Waals surface area contributed by atoms with Crippen molar-refractivity contribution in [1.29, 1.82) is 0 Å². The molecule has 0 aliphatic heterocycles. The fourth-order valence-corrected chi connectivity index (χ4v) is 4.07. The summed E-state index contributed by atoms with van der Waals surface area (Å²) in [6, 6.07) is 15.0. The van der Waals surface area contributed by atoms with Gasteiger partial charge in [-0.3, -0.25) is 9.20 Å². The second-order valence-electron chi connectivity index (χ2n) is 6.91. The Balaban J connectivity index is 1.58. The molecule has 0 aliphatic carbocycles. The highest BCUT2D eigenvalue weighted by molar-refractivity contribution is 7.99. The number of benzene rings is 2. The molecule has 2 heterocycles. The van der Waals surface area contributed by atoms with E-state index in [1.807, 2.05) is 23.5 Å². The number of carbonyl (C=O) groups is 2. The van der Waals surface area contributed by atoms with E-state index in [9.17, 15) is 9.59 Å². The summed E-state index contributed by atoms with van der Waals surface area (Å²) in [4.78, 5) is 24.4. The van der Waals surface area contributed by atoms with E-state index in [1.54, 1.807) is 24.3 Å². The largest absolute Gasteiger partial charge is 0.465 e. The van der Waals surface area contributed by atoms with Gasteiger partial charge in [0.05, 0.1) is 29.6 Å². The van der Waals surface area contributed by atoms with Crippen molar-refractivity contribution < 1.29 is 14.3 Å². The number of hydrogen-bond donors (Lipinski definition) is 1. The number of nitrogens with zero attached hydrogens (tertiary/aromatic N) is 3. The van der Waals surface area contributed by atoms with Gasteiger partial charge in [-0.05, 0) is 55.1 Å². The van der Waals surface area contributed by atoms with Crippen molar-refractivity contribution in [3.63, 3.8) is 0 Å². The molecule has 8 heteroatoms. The van der Waals surface area contributed by atoms with Gasteiger partial charge in [0.2, 0.25) is 5.91 Å². The third-order valence-corrected chi connectivity index (χ3v) is 5.65. The average molecular weight is 420 g/mol. The summed E-state index contributed by atoms with van der Waals surface area (Å²) in [5.41, 5.74) is 4.67. The van der Waals surface area contributed by atoms with Gasteiger partial charge in [0.25, 0.3) is 0 Å². The van der Waals surface area contributed by atoms with Crippen molar-refractivity contribution >= 4 is 45.9 Å². The first-order valence-electron chi connectivity index (χ1n) is 9.33. The zero-order chi connectivity index (χ0) is 21.3. The first kappa shape index (κ1) is 19.9. The van der Waals surface area contributed by atoms with E-state index in [0.717, 1.165) is 22.1 Å². The molecule has 0 unspecified atom stereocenters. The lowest BCUT2D eigenvalue weighted by Gasteiger charge is -2.10. The SMILES string of the molecule is COC(=O)c1ccccc1NC(=O)CSc1nnc2c(C)cc3cc(C)ccc3n12. The lowest BCUT2D eigenvalue weighted by molar-refractivity contribution is -0.113. The molecule has 2 aromatic carbocycles. The summed E-state index contributed by atoms with van der Waals surface area (Å²) >= 11 is 1.29. The summed E-state index contributed by atoms with van der Waals surface area (Å²) < 4.78 is 6.75. The number of aromatic nitrogens is 3. The number of methoxy groups -OCH3 is 1. The number of carbonyl (C=O) groups excluding carboxylic acids is 2. The number of amides is 1. The minimum atomic E-state index is -0.501. The van der Waals surface area contributed by atoms with Gasteiger partial charge in [0, 0.05) is 0 Å². The van der Waals surface area contributed by atoms with Crippen LogP contribution < -0.4 is 5.32 Å². The molecule has 0 aliphatic rings. The lowest BCUT2D eigenvalue weighted by Crippen LogP contribution is -2.17. The van der Waals surface area contributed by atoms with Crippen molar-refractivity contribution in [3.05, 3.63) is 65.2 Å². The molecule has 152 valence electrons. The quantitative estimate of drug-likeness (QED) is 0.388.